The SMILES string of the molecule is CN[C@H](C(=O)NCc1ccc(C#N)cc1)c1ccccc1. The van der Waals surface area contributed by atoms with E-state index in [-0.39, 0.29) is 11.9 Å². The number of nitrogens with one attached hydrogen (secondary N) is 2. The third-order valence-electron chi connectivity index (χ3n) is 3.23. The summed E-state index contributed by atoms with van der Waals surface area (Å²) in [6.45, 7) is 0.440. The fraction of sp³-hybridized carbons (Fsp3) is 0.176. The first kappa shape index (κ1) is 14.8. The molecular weight excluding hydrogens is 262 g/mol. The second-order valence-corrected chi connectivity index (χ2v) is 4.66. The minimum Gasteiger partial charge on any atom is -0.350 e. The minimum atomic E-state index is -0.371. The van der Waals surface area contributed by atoms with Crippen LogP contribution in [-0.4, -0.2) is 13.0 Å². The van der Waals surface area contributed by atoms with Crippen LogP contribution in [0.5, 0.6) is 0 Å². The van der Waals surface area contributed by atoms with Gasteiger partial charge in [0, 0.05) is 6.54 Å². The van der Waals surface area contributed by atoms with Crippen LogP contribution in [0.25, 0.3) is 0 Å². The molecule has 0 bridgehead atoms. The van der Waals surface area contributed by atoms with Crippen molar-refractivity contribution >= 4 is 5.91 Å². The molecule has 2 N–H and O–H groups in total. The Morgan fingerprint density at radius 2 is 1.81 bits per heavy atom. The summed E-state index contributed by atoms with van der Waals surface area (Å²) in [5.74, 6) is -0.0759. The van der Waals surface area contributed by atoms with Crippen molar-refractivity contribution in [3.05, 3.63) is 71.3 Å². The molecule has 0 aromatic heterocycles. The van der Waals surface area contributed by atoms with Gasteiger partial charge in [0.05, 0.1) is 11.6 Å². The second kappa shape index (κ2) is 7.22. The molecule has 2 aromatic rings. The average Bonchev–Trinajstić information content (AvgIpc) is 2.55. The molecule has 0 aliphatic carbocycles. The lowest BCUT2D eigenvalue weighted by Gasteiger charge is -2.16. The van der Waals surface area contributed by atoms with E-state index in [9.17, 15) is 4.79 Å². The molecule has 0 unspecified atom stereocenters. The van der Waals surface area contributed by atoms with E-state index in [2.05, 4.69) is 16.7 Å². The van der Waals surface area contributed by atoms with Crippen molar-refractivity contribution in [3.63, 3.8) is 0 Å². The molecule has 0 fully saturated rings. The standard InChI is InChI=1S/C17H17N3O/c1-19-16(15-5-3-2-4-6-15)17(21)20-12-14-9-7-13(11-18)8-10-14/h2-10,16,19H,12H2,1H3,(H,20,21)/t16-/m0/s1. The van der Waals surface area contributed by atoms with Crippen molar-refractivity contribution in [2.45, 2.75) is 12.6 Å². The first-order chi connectivity index (χ1) is 10.2. The number of hydrogen-bond acceptors (Lipinski definition) is 3. The third-order valence-corrected chi connectivity index (χ3v) is 3.23. The van der Waals surface area contributed by atoms with E-state index in [1.54, 1.807) is 19.2 Å². The highest BCUT2D eigenvalue weighted by molar-refractivity contribution is 5.83. The van der Waals surface area contributed by atoms with E-state index in [1.165, 1.54) is 0 Å². The van der Waals surface area contributed by atoms with Crippen LogP contribution in [-0.2, 0) is 11.3 Å². The molecule has 21 heavy (non-hydrogen) atoms. The Morgan fingerprint density at radius 1 is 1.14 bits per heavy atom. The summed E-state index contributed by atoms with van der Waals surface area (Å²) in [6.07, 6.45) is 0. The van der Waals surface area contributed by atoms with E-state index in [0.717, 1.165) is 11.1 Å². The van der Waals surface area contributed by atoms with E-state index >= 15 is 0 Å². The molecule has 0 saturated heterocycles. The number of nitrogens with zero attached hydrogens (tertiary/aromatic N) is 1. The predicted molar refractivity (Wildman–Crippen MR) is 81.2 cm³/mol. The van der Waals surface area contributed by atoms with Gasteiger partial charge in [-0.3, -0.25) is 4.79 Å². The Kier molecular flexibility index (Phi) is 5.08. The monoisotopic (exact) mass is 279 g/mol. The van der Waals surface area contributed by atoms with Gasteiger partial charge in [0.25, 0.3) is 0 Å². The summed E-state index contributed by atoms with van der Waals surface area (Å²) in [6, 6.07) is 18.5. The average molecular weight is 279 g/mol. The van der Waals surface area contributed by atoms with Crippen LogP contribution in [0, 0.1) is 11.3 Å². The number of likely N-dealkylation sites (N-methyl/N-ethyl adjacent to an activating group) is 1. The number of hydrogen-bond donors (Lipinski definition) is 2. The van der Waals surface area contributed by atoms with Gasteiger partial charge in [-0.15, -0.1) is 0 Å². The lowest BCUT2D eigenvalue weighted by molar-refractivity contribution is -0.123. The number of rotatable bonds is 5. The van der Waals surface area contributed by atoms with Gasteiger partial charge in [-0.1, -0.05) is 42.5 Å². The van der Waals surface area contributed by atoms with E-state index in [4.69, 9.17) is 5.26 Å². The first-order valence-corrected chi connectivity index (χ1v) is 6.73. The maximum atomic E-state index is 12.2. The van der Waals surface area contributed by atoms with Gasteiger partial charge in [-0.25, -0.2) is 0 Å². The molecule has 4 nitrogen and oxygen atoms in total. The Labute approximate surface area is 124 Å². The minimum absolute atomic E-state index is 0.0759. The van der Waals surface area contributed by atoms with Gasteiger partial charge in [-0.2, -0.15) is 5.26 Å². The van der Waals surface area contributed by atoms with Gasteiger partial charge in [0.2, 0.25) is 5.91 Å². The van der Waals surface area contributed by atoms with E-state index in [0.29, 0.717) is 12.1 Å². The molecule has 1 amide bonds. The molecule has 0 heterocycles. The summed E-state index contributed by atoms with van der Waals surface area (Å²) in [5, 5.41) is 14.7. The summed E-state index contributed by atoms with van der Waals surface area (Å²) in [4.78, 5) is 12.2. The molecule has 2 aromatic carbocycles. The van der Waals surface area contributed by atoms with Crippen LogP contribution < -0.4 is 10.6 Å². The zero-order chi connectivity index (χ0) is 15.1. The molecule has 1 atom stereocenters. The van der Waals surface area contributed by atoms with Crippen LogP contribution in [0.4, 0.5) is 0 Å². The quantitative estimate of drug-likeness (QED) is 0.881. The number of amides is 1. The highest BCUT2D eigenvalue weighted by Crippen LogP contribution is 2.12. The van der Waals surface area contributed by atoms with Gasteiger partial charge < -0.3 is 10.6 Å². The topological polar surface area (TPSA) is 64.9 Å². The maximum Gasteiger partial charge on any atom is 0.241 e. The molecule has 4 heteroatoms. The van der Waals surface area contributed by atoms with Crippen LogP contribution in [0.15, 0.2) is 54.6 Å². The Balaban J connectivity index is 1.98. The van der Waals surface area contributed by atoms with Crippen molar-refractivity contribution in [1.29, 1.82) is 5.26 Å². The Morgan fingerprint density at radius 3 is 2.38 bits per heavy atom. The van der Waals surface area contributed by atoms with Crippen LogP contribution in [0.2, 0.25) is 0 Å². The van der Waals surface area contributed by atoms with Gasteiger partial charge >= 0.3 is 0 Å². The van der Waals surface area contributed by atoms with Crippen molar-refractivity contribution in [2.24, 2.45) is 0 Å². The molecule has 0 saturated carbocycles. The summed E-state index contributed by atoms with van der Waals surface area (Å²) in [7, 11) is 1.76. The highest BCUT2D eigenvalue weighted by atomic mass is 16.2. The lowest BCUT2D eigenvalue weighted by Crippen LogP contribution is -2.35. The lowest BCUT2D eigenvalue weighted by atomic mass is 10.1. The van der Waals surface area contributed by atoms with Crippen LogP contribution in [0.1, 0.15) is 22.7 Å². The van der Waals surface area contributed by atoms with Crippen LogP contribution >= 0.6 is 0 Å². The van der Waals surface area contributed by atoms with Gasteiger partial charge in [0.1, 0.15) is 6.04 Å². The normalized spacial score (nSPS) is 11.4. The Hall–Kier alpha value is -2.64. The third kappa shape index (κ3) is 3.91. The molecule has 2 rings (SSSR count). The van der Waals surface area contributed by atoms with Crippen LogP contribution in [0.3, 0.4) is 0 Å². The fourth-order valence-electron chi connectivity index (χ4n) is 2.08. The predicted octanol–water partition coefficient (Wildman–Crippen LogP) is 2.14. The zero-order valence-corrected chi connectivity index (χ0v) is 11.8. The fourth-order valence-corrected chi connectivity index (χ4v) is 2.08. The molecular formula is C17H17N3O. The summed E-state index contributed by atoms with van der Waals surface area (Å²) < 4.78 is 0. The summed E-state index contributed by atoms with van der Waals surface area (Å²) >= 11 is 0. The zero-order valence-electron chi connectivity index (χ0n) is 11.8. The number of carbonyl (C=O) groups excluding carboxylic acids is 1. The number of nitriles is 1. The van der Waals surface area contributed by atoms with Crippen molar-refractivity contribution in [2.75, 3.05) is 7.05 Å². The van der Waals surface area contributed by atoms with Crippen molar-refractivity contribution in [1.82, 2.24) is 10.6 Å². The molecule has 0 aliphatic rings. The first-order valence-electron chi connectivity index (χ1n) is 6.73. The van der Waals surface area contributed by atoms with Crippen molar-refractivity contribution in [3.8, 4) is 6.07 Å². The maximum absolute atomic E-state index is 12.2. The molecule has 0 spiro atoms. The van der Waals surface area contributed by atoms with E-state index < -0.39 is 0 Å². The van der Waals surface area contributed by atoms with Gasteiger partial charge in [-0.05, 0) is 30.3 Å². The molecule has 0 aliphatic heterocycles. The Bertz CT molecular complexity index is 629. The van der Waals surface area contributed by atoms with E-state index in [1.807, 2.05) is 42.5 Å². The molecule has 0 radical (unpaired) electrons. The summed E-state index contributed by atoms with van der Waals surface area (Å²) in [5.41, 5.74) is 2.50. The smallest absolute Gasteiger partial charge is 0.241 e. The number of benzene rings is 2. The highest BCUT2D eigenvalue weighted by Gasteiger charge is 2.17. The van der Waals surface area contributed by atoms with Crippen molar-refractivity contribution < 1.29 is 4.79 Å². The van der Waals surface area contributed by atoms with Gasteiger partial charge in [0.15, 0.2) is 0 Å². The molecule has 106 valence electrons. The second-order valence-electron chi connectivity index (χ2n) is 4.66. The largest absolute Gasteiger partial charge is 0.350 e. The number of carbonyl (C=O) groups is 1.